The van der Waals surface area contributed by atoms with Crippen LogP contribution >= 0.6 is 11.3 Å². The molecule has 1 unspecified atom stereocenters. The van der Waals surface area contributed by atoms with E-state index in [0.717, 1.165) is 35.8 Å². The van der Waals surface area contributed by atoms with E-state index in [4.69, 9.17) is 4.74 Å². The van der Waals surface area contributed by atoms with E-state index in [2.05, 4.69) is 10.3 Å². The van der Waals surface area contributed by atoms with Crippen molar-refractivity contribution in [1.29, 1.82) is 0 Å². The van der Waals surface area contributed by atoms with E-state index in [9.17, 15) is 4.79 Å². The lowest BCUT2D eigenvalue weighted by Gasteiger charge is -2.25. The zero-order valence-electron chi connectivity index (χ0n) is 13.8. The topological polar surface area (TPSA) is 51.2 Å². The number of esters is 1. The van der Waals surface area contributed by atoms with Gasteiger partial charge in [0.15, 0.2) is 5.13 Å². The number of anilines is 2. The second-order valence-electron chi connectivity index (χ2n) is 6.80. The molecule has 2 aromatic rings. The maximum absolute atomic E-state index is 12.5. The summed E-state index contributed by atoms with van der Waals surface area (Å²) in [5, 5.41) is 4.17. The number of carbonyl (C=O) groups is 1. The number of nitrogens with zero attached hydrogens (tertiary/aromatic N) is 1. The molecular formula is C18H22N2O2S. The van der Waals surface area contributed by atoms with Gasteiger partial charge in [-0.05, 0) is 52.2 Å². The standard InChI is InChI=1S/C18H22N2O2S/c1-18(2,3)22-16(21)13-10-7-11-14-15(13)20-17(23-14)19-12-8-5-4-6-9-12/h4-6,8-9,13H,7,10-11H2,1-3H3,(H,19,20). The number of fused-ring (bicyclic) bond motifs is 1. The molecule has 122 valence electrons. The zero-order chi connectivity index (χ0) is 16.4. The molecule has 0 bridgehead atoms. The van der Waals surface area contributed by atoms with Crippen molar-refractivity contribution in [3.05, 3.63) is 40.9 Å². The molecule has 23 heavy (non-hydrogen) atoms. The fourth-order valence-corrected chi connectivity index (χ4v) is 3.80. The Labute approximate surface area is 140 Å². The quantitative estimate of drug-likeness (QED) is 0.832. The smallest absolute Gasteiger partial charge is 0.315 e. The van der Waals surface area contributed by atoms with Crippen molar-refractivity contribution in [2.45, 2.75) is 51.6 Å². The van der Waals surface area contributed by atoms with Crippen molar-refractivity contribution in [3.8, 4) is 0 Å². The fourth-order valence-electron chi connectivity index (χ4n) is 2.72. The van der Waals surface area contributed by atoms with Gasteiger partial charge in [0.25, 0.3) is 0 Å². The van der Waals surface area contributed by atoms with Crippen LogP contribution in [0.25, 0.3) is 0 Å². The first-order valence-corrected chi connectivity index (χ1v) is 8.78. The summed E-state index contributed by atoms with van der Waals surface area (Å²) in [6.07, 6.45) is 2.81. The third-order valence-corrected chi connectivity index (χ3v) is 4.72. The number of benzene rings is 1. The number of hydrogen-bond acceptors (Lipinski definition) is 5. The number of hydrogen-bond donors (Lipinski definition) is 1. The number of rotatable bonds is 3. The maximum Gasteiger partial charge on any atom is 0.315 e. The van der Waals surface area contributed by atoms with Gasteiger partial charge >= 0.3 is 5.97 Å². The zero-order valence-corrected chi connectivity index (χ0v) is 14.6. The molecule has 0 aliphatic heterocycles. The number of para-hydroxylation sites is 1. The summed E-state index contributed by atoms with van der Waals surface area (Å²) in [7, 11) is 0. The van der Waals surface area contributed by atoms with Crippen molar-refractivity contribution < 1.29 is 9.53 Å². The Balaban J connectivity index is 1.81. The highest BCUT2D eigenvalue weighted by atomic mass is 32.1. The minimum Gasteiger partial charge on any atom is -0.459 e. The first-order chi connectivity index (χ1) is 10.9. The lowest BCUT2D eigenvalue weighted by molar-refractivity contribution is -0.157. The monoisotopic (exact) mass is 330 g/mol. The molecule has 1 aliphatic rings. The molecule has 1 atom stereocenters. The lowest BCUT2D eigenvalue weighted by atomic mass is 9.91. The van der Waals surface area contributed by atoms with Crippen LogP contribution in [0.2, 0.25) is 0 Å². The number of thiazole rings is 1. The maximum atomic E-state index is 12.5. The van der Waals surface area contributed by atoms with E-state index >= 15 is 0 Å². The molecule has 0 spiro atoms. The van der Waals surface area contributed by atoms with Gasteiger partial charge in [0.05, 0.1) is 5.69 Å². The Morgan fingerprint density at radius 3 is 2.74 bits per heavy atom. The number of carbonyl (C=O) groups excluding carboxylic acids is 1. The number of aryl methyl sites for hydroxylation is 1. The van der Waals surface area contributed by atoms with Crippen LogP contribution in [0.4, 0.5) is 10.8 Å². The molecule has 1 aromatic carbocycles. The van der Waals surface area contributed by atoms with Crippen molar-refractivity contribution in [2.24, 2.45) is 0 Å². The van der Waals surface area contributed by atoms with Gasteiger partial charge in [-0.1, -0.05) is 18.2 Å². The molecule has 3 rings (SSSR count). The highest BCUT2D eigenvalue weighted by Gasteiger charge is 2.33. The Bertz CT molecular complexity index is 689. The molecule has 0 saturated heterocycles. The minimum atomic E-state index is -0.462. The van der Waals surface area contributed by atoms with Gasteiger partial charge in [-0.15, -0.1) is 11.3 Å². The van der Waals surface area contributed by atoms with Crippen LogP contribution in [-0.2, 0) is 16.0 Å². The summed E-state index contributed by atoms with van der Waals surface area (Å²) in [6, 6.07) is 9.97. The van der Waals surface area contributed by atoms with E-state index in [1.807, 2.05) is 51.1 Å². The van der Waals surface area contributed by atoms with Crippen LogP contribution < -0.4 is 5.32 Å². The predicted molar refractivity (Wildman–Crippen MR) is 93.4 cm³/mol. The highest BCUT2D eigenvalue weighted by Crippen LogP contribution is 2.38. The van der Waals surface area contributed by atoms with Crippen LogP contribution in [-0.4, -0.2) is 16.6 Å². The van der Waals surface area contributed by atoms with Crippen LogP contribution in [0.3, 0.4) is 0 Å². The summed E-state index contributed by atoms with van der Waals surface area (Å²) in [4.78, 5) is 18.4. The van der Waals surface area contributed by atoms with E-state index in [1.165, 1.54) is 4.88 Å². The van der Waals surface area contributed by atoms with Gasteiger partial charge in [0.1, 0.15) is 11.5 Å². The summed E-state index contributed by atoms with van der Waals surface area (Å²) >= 11 is 1.64. The van der Waals surface area contributed by atoms with Crippen molar-refractivity contribution in [2.75, 3.05) is 5.32 Å². The third-order valence-electron chi connectivity index (χ3n) is 3.67. The number of ether oxygens (including phenoxy) is 1. The van der Waals surface area contributed by atoms with E-state index in [-0.39, 0.29) is 11.9 Å². The summed E-state index contributed by atoms with van der Waals surface area (Å²) in [5.41, 5.74) is 1.44. The molecule has 0 radical (unpaired) electrons. The van der Waals surface area contributed by atoms with Gasteiger partial charge in [-0.2, -0.15) is 0 Å². The van der Waals surface area contributed by atoms with Crippen LogP contribution in [0.5, 0.6) is 0 Å². The molecule has 1 aromatic heterocycles. The van der Waals surface area contributed by atoms with E-state index in [1.54, 1.807) is 11.3 Å². The SMILES string of the molecule is CC(C)(C)OC(=O)C1CCCc2sc(Nc3ccccc3)nc21. The van der Waals surface area contributed by atoms with E-state index < -0.39 is 5.60 Å². The van der Waals surface area contributed by atoms with Gasteiger partial charge in [-0.25, -0.2) is 4.98 Å². The number of aromatic nitrogens is 1. The second-order valence-corrected chi connectivity index (χ2v) is 7.88. The first kappa shape index (κ1) is 16.0. The van der Waals surface area contributed by atoms with Gasteiger partial charge in [0, 0.05) is 10.6 Å². The van der Waals surface area contributed by atoms with Gasteiger partial charge in [-0.3, -0.25) is 4.79 Å². The van der Waals surface area contributed by atoms with E-state index in [0.29, 0.717) is 0 Å². The van der Waals surface area contributed by atoms with Crippen LogP contribution in [0.15, 0.2) is 30.3 Å². The average molecular weight is 330 g/mol. The average Bonchev–Trinajstić information content (AvgIpc) is 2.88. The largest absolute Gasteiger partial charge is 0.459 e. The summed E-state index contributed by atoms with van der Waals surface area (Å²) in [6.45, 7) is 5.70. The van der Waals surface area contributed by atoms with Gasteiger partial charge in [0.2, 0.25) is 0 Å². The fraction of sp³-hybridized carbons (Fsp3) is 0.444. The van der Waals surface area contributed by atoms with Crippen molar-refractivity contribution in [3.63, 3.8) is 0 Å². The molecule has 1 aliphatic carbocycles. The second kappa shape index (κ2) is 6.32. The molecule has 0 saturated carbocycles. The molecule has 0 amide bonds. The molecule has 1 heterocycles. The summed E-state index contributed by atoms with van der Waals surface area (Å²) in [5.74, 6) is -0.393. The Kier molecular flexibility index (Phi) is 4.39. The number of nitrogens with one attached hydrogen (secondary N) is 1. The molecular weight excluding hydrogens is 308 g/mol. The highest BCUT2D eigenvalue weighted by molar-refractivity contribution is 7.15. The van der Waals surface area contributed by atoms with Crippen molar-refractivity contribution in [1.82, 2.24) is 4.98 Å². The third kappa shape index (κ3) is 3.91. The van der Waals surface area contributed by atoms with Crippen molar-refractivity contribution >= 4 is 28.1 Å². The minimum absolute atomic E-state index is 0.157. The molecule has 5 heteroatoms. The molecule has 0 fully saturated rings. The normalized spacial score (nSPS) is 17.4. The molecule has 1 N–H and O–H groups in total. The first-order valence-electron chi connectivity index (χ1n) is 7.97. The van der Waals surface area contributed by atoms with Crippen LogP contribution in [0.1, 0.15) is 50.1 Å². The Morgan fingerprint density at radius 2 is 2.04 bits per heavy atom. The summed E-state index contributed by atoms with van der Waals surface area (Å²) < 4.78 is 5.57. The Morgan fingerprint density at radius 1 is 1.30 bits per heavy atom. The lowest BCUT2D eigenvalue weighted by Crippen LogP contribution is -2.29. The molecule has 4 nitrogen and oxygen atoms in total. The Hall–Kier alpha value is -1.88. The predicted octanol–water partition coefficient (Wildman–Crippen LogP) is 4.65. The van der Waals surface area contributed by atoms with Crippen LogP contribution in [0, 0.1) is 0 Å². The van der Waals surface area contributed by atoms with Gasteiger partial charge < -0.3 is 10.1 Å².